The molecule has 2 N–H and O–H groups in total. The smallest absolute Gasteiger partial charge is 0.180 e. The quantitative estimate of drug-likeness (QED) is 0.313. The highest BCUT2D eigenvalue weighted by Crippen LogP contribution is 2.28. The largest absolute Gasteiger partial charge is 0.391 e. The maximum absolute atomic E-state index is 11.5. The van der Waals surface area contributed by atoms with Gasteiger partial charge in [0.25, 0.3) is 0 Å². The summed E-state index contributed by atoms with van der Waals surface area (Å²) in [7, 11) is 5.52. The van der Waals surface area contributed by atoms with Gasteiger partial charge in [-0.05, 0) is 41.8 Å². The fourth-order valence-electron chi connectivity index (χ4n) is 3.59. The lowest BCUT2D eigenvalue weighted by molar-refractivity contribution is -0.111. The van der Waals surface area contributed by atoms with Crippen LogP contribution in [0.15, 0.2) is 48.8 Å². The summed E-state index contributed by atoms with van der Waals surface area (Å²) in [6, 6.07) is 11.4. The number of hydrogen-bond acceptors (Lipinski definition) is 9. The number of ether oxygens (including phenoxy) is 1. The number of hydrogen-bond donors (Lipinski definition) is 2. The van der Waals surface area contributed by atoms with Gasteiger partial charge in [-0.1, -0.05) is 39.0 Å². The van der Waals surface area contributed by atoms with Crippen LogP contribution in [0.5, 0.6) is 0 Å². The number of aliphatic hydroxyl groups is 1. The molecule has 0 bridgehead atoms. The Labute approximate surface area is 221 Å². The Morgan fingerprint density at radius 3 is 2.38 bits per heavy atom. The van der Waals surface area contributed by atoms with Gasteiger partial charge < -0.3 is 29.6 Å². The van der Waals surface area contributed by atoms with Gasteiger partial charge in [0.15, 0.2) is 6.19 Å². The van der Waals surface area contributed by atoms with Crippen LogP contribution in [0.4, 0.5) is 5.69 Å². The summed E-state index contributed by atoms with van der Waals surface area (Å²) in [5.41, 5.74) is 3.33. The van der Waals surface area contributed by atoms with Gasteiger partial charge in [-0.15, -0.1) is 0 Å². The second-order valence-corrected chi connectivity index (χ2v) is 9.72. The van der Waals surface area contributed by atoms with E-state index in [1.54, 1.807) is 19.5 Å². The molecular formula is C28H41N5O4. The van der Waals surface area contributed by atoms with Crippen LogP contribution in [0.25, 0.3) is 0 Å². The number of pyridine rings is 1. The summed E-state index contributed by atoms with van der Waals surface area (Å²) in [5, 5.41) is 20.3. The van der Waals surface area contributed by atoms with Crippen LogP contribution < -0.4 is 10.2 Å². The van der Waals surface area contributed by atoms with E-state index in [4.69, 9.17) is 15.1 Å². The third-order valence-corrected chi connectivity index (χ3v) is 5.88. The molecule has 0 radical (unpaired) electrons. The van der Waals surface area contributed by atoms with Gasteiger partial charge in [0.05, 0.1) is 25.3 Å². The number of likely N-dealkylation sites (N-methyl/N-ethyl adjacent to an activating group) is 2. The van der Waals surface area contributed by atoms with Crippen molar-refractivity contribution < 1.29 is 19.4 Å². The van der Waals surface area contributed by atoms with E-state index in [2.05, 4.69) is 55.3 Å². The normalized spacial score (nSPS) is 17.3. The number of aldehydes is 2. The molecular weight excluding hydrogens is 470 g/mol. The molecule has 1 aliphatic rings. The van der Waals surface area contributed by atoms with Crippen LogP contribution in [0.3, 0.4) is 0 Å². The summed E-state index contributed by atoms with van der Waals surface area (Å²) >= 11 is 0. The number of methoxy groups -OCH3 is 1. The van der Waals surface area contributed by atoms with Crippen molar-refractivity contribution >= 4 is 18.3 Å². The molecule has 9 nitrogen and oxygen atoms in total. The number of nitriles is 1. The molecule has 202 valence electrons. The number of anilines is 1. The van der Waals surface area contributed by atoms with Crippen molar-refractivity contribution in [1.29, 1.82) is 5.26 Å². The fourth-order valence-corrected chi connectivity index (χ4v) is 3.59. The van der Waals surface area contributed by atoms with Gasteiger partial charge >= 0.3 is 0 Å². The number of carbonyl (C=O) groups excluding carboxylic acids is 2. The number of β-amino-alcohol motifs (C(OH)–C–C–N with tert-alkyl or cyclic N) is 1. The SMILES string of the molecule is CN(c1ccc(C(C)(C)C)cc1)C(C=O)c1cccnc1.CNCCOC.N#CN1CC(O)CC1C=O. The van der Waals surface area contributed by atoms with Crippen LogP contribution >= 0.6 is 0 Å². The second kappa shape index (κ2) is 16.4. The van der Waals surface area contributed by atoms with Crippen molar-refractivity contribution in [3.05, 3.63) is 59.9 Å². The maximum atomic E-state index is 11.5. The summed E-state index contributed by atoms with van der Waals surface area (Å²) in [6.45, 7) is 8.60. The van der Waals surface area contributed by atoms with E-state index in [0.29, 0.717) is 19.3 Å². The predicted octanol–water partition coefficient (Wildman–Crippen LogP) is 2.71. The first-order valence-corrected chi connectivity index (χ1v) is 12.2. The van der Waals surface area contributed by atoms with E-state index >= 15 is 0 Å². The first kappa shape index (κ1) is 31.7. The van der Waals surface area contributed by atoms with Crippen LogP contribution in [-0.4, -0.2) is 80.6 Å². The molecule has 1 aromatic carbocycles. The molecule has 0 saturated carbocycles. The van der Waals surface area contributed by atoms with Crippen LogP contribution in [0.2, 0.25) is 0 Å². The lowest BCUT2D eigenvalue weighted by atomic mass is 9.87. The highest BCUT2D eigenvalue weighted by atomic mass is 16.5. The summed E-state index contributed by atoms with van der Waals surface area (Å²) < 4.78 is 4.72. The molecule has 0 spiro atoms. The number of likely N-dealkylation sites (tertiary alicyclic amines) is 1. The van der Waals surface area contributed by atoms with Gasteiger partial charge in [0, 0.05) is 45.2 Å². The van der Waals surface area contributed by atoms with E-state index in [9.17, 15) is 9.59 Å². The lowest BCUT2D eigenvalue weighted by Gasteiger charge is -2.27. The Morgan fingerprint density at radius 1 is 1.30 bits per heavy atom. The third kappa shape index (κ3) is 10.7. The van der Waals surface area contributed by atoms with Gasteiger partial charge in [-0.3, -0.25) is 9.88 Å². The summed E-state index contributed by atoms with van der Waals surface area (Å²) in [5.74, 6) is 0. The van der Waals surface area contributed by atoms with Crippen molar-refractivity contribution in [2.24, 2.45) is 0 Å². The highest BCUT2D eigenvalue weighted by molar-refractivity contribution is 5.68. The Bertz CT molecular complexity index is 953. The van der Waals surface area contributed by atoms with E-state index in [-0.39, 0.29) is 11.5 Å². The minimum Gasteiger partial charge on any atom is -0.391 e. The number of aliphatic hydroxyl groups excluding tert-OH is 1. The lowest BCUT2D eigenvalue weighted by Crippen LogP contribution is -2.25. The zero-order chi connectivity index (χ0) is 27.8. The molecule has 0 aliphatic carbocycles. The zero-order valence-electron chi connectivity index (χ0n) is 22.8. The van der Waals surface area contributed by atoms with E-state index in [0.717, 1.165) is 30.7 Å². The molecule has 3 atom stereocenters. The number of carbonyl (C=O) groups is 2. The molecule has 2 aromatic rings. The molecule has 1 aliphatic heterocycles. The average Bonchev–Trinajstić information content (AvgIpc) is 3.28. The topological polar surface area (TPSA) is 119 Å². The first-order valence-electron chi connectivity index (χ1n) is 12.2. The van der Waals surface area contributed by atoms with Crippen molar-refractivity contribution in [3.8, 4) is 6.19 Å². The first-order chi connectivity index (χ1) is 17.6. The van der Waals surface area contributed by atoms with Crippen molar-refractivity contribution in [2.75, 3.05) is 45.8 Å². The zero-order valence-corrected chi connectivity index (χ0v) is 22.8. The molecule has 2 heterocycles. The molecule has 0 amide bonds. The van der Waals surface area contributed by atoms with E-state index < -0.39 is 12.1 Å². The van der Waals surface area contributed by atoms with E-state index in [1.807, 2.05) is 37.3 Å². The third-order valence-electron chi connectivity index (χ3n) is 5.88. The Kier molecular flexibility index (Phi) is 14.1. The summed E-state index contributed by atoms with van der Waals surface area (Å²) in [6.07, 6.45) is 6.80. The standard InChI is InChI=1S/C18H22N2O.C6H8N2O2.C4H11NO/c1-18(2,3)15-7-9-16(10-8-15)20(4)17(13-21)14-6-5-11-19-12-14;7-4-8-2-6(10)1-5(8)3-9;1-5-3-4-6-2/h5-13,17H,1-4H3;3,5-6,10H,1-2H2;5H,3-4H2,1-2H3. The Hall–Kier alpha value is -3.32. The van der Waals surface area contributed by atoms with Crippen LogP contribution in [0.1, 0.15) is 44.4 Å². The highest BCUT2D eigenvalue weighted by Gasteiger charge is 2.29. The number of rotatable bonds is 8. The van der Waals surface area contributed by atoms with Crippen LogP contribution in [0, 0.1) is 11.5 Å². The van der Waals surface area contributed by atoms with Gasteiger partial charge in [-0.25, -0.2) is 0 Å². The molecule has 3 rings (SSSR count). The molecule has 9 heteroatoms. The minimum absolute atomic E-state index is 0.129. The number of benzene rings is 1. The Balaban J connectivity index is 0.000000353. The molecule has 1 fully saturated rings. The number of nitrogens with zero attached hydrogens (tertiary/aromatic N) is 4. The average molecular weight is 512 g/mol. The van der Waals surface area contributed by atoms with Crippen molar-refractivity contribution in [1.82, 2.24) is 15.2 Å². The predicted molar refractivity (Wildman–Crippen MR) is 145 cm³/mol. The van der Waals surface area contributed by atoms with Crippen molar-refractivity contribution in [3.63, 3.8) is 0 Å². The van der Waals surface area contributed by atoms with E-state index in [1.165, 1.54) is 10.5 Å². The van der Waals surface area contributed by atoms with Crippen LogP contribution in [-0.2, 0) is 19.7 Å². The molecule has 37 heavy (non-hydrogen) atoms. The van der Waals surface area contributed by atoms with Gasteiger partial charge in [-0.2, -0.15) is 5.26 Å². The maximum Gasteiger partial charge on any atom is 0.180 e. The minimum atomic E-state index is -0.519. The summed E-state index contributed by atoms with van der Waals surface area (Å²) in [4.78, 5) is 29.0. The fraction of sp³-hybridized carbons (Fsp3) is 0.500. The Morgan fingerprint density at radius 2 is 1.97 bits per heavy atom. The molecule has 3 unspecified atom stereocenters. The molecule has 1 aromatic heterocycles. The monoisotopic (exact) mass is 511 g/mol. The second-order valence-electron chi connectivity index (χ2n) is 9.72. The number of nitrogens with one attached hydrogen (secondary N) is 1. The number of aromatic nitrogens is 1. The van der Waals surface area contributed by atoms with Crippen molar-refractivity contribution in [2.45, 2.75) is 50.8 Å². The van der Waals surface area contributed by atoms with Gasteiger partial charge in [0.1, 0.15) is 18.6 Å². The van der Waals surface area contributed by atoms with Gasteiger partial charge in [0.2, 0.25) is 0 Å². The molecule has 1 saturated heterocycles.